The number of hydrogen-bond donors (Lipinski definition) is 2. The summed E-state index contributed by atoms with van der Waals surface area (Å²) in [6, 6.07) is 18.4. The number of H-pyrrole nitrogens is 1. The Morgan fingerprint density at radius 3 is 2.50 bits per heavy atom. The molecule has 26 heavy (non-hydrogen) atoms. The fourth-order valence-electron chi connectivity index (χ4n) is 3.39. The van der Waals surface area contributed by atoms with Gasteiger partial charge in [0.15, 0.2) is 5.69 Å². The second-order valence-corrected chi connectivity index (χ2v) is 6.39. The maximum atomic E-state index is 12.7. The lowest BCUT2D eigenvalue weighted by atomic mass is 10.0. The summed E-state index contributed by atoms with van der Waals surface area (Å²) < 4.78 is 0. The van der Waals surface area contributed by atoms with Crippen LogP contribution in [-0.4, -0.2) is 46.7 Å². The van der Waals surface area contributed by atoms with Gasteiger partial charge in [-0.3, -0.25) is 14.8 Å². The lowest BCUT2D eigenvalue weighted by molar-refractivity contribution is 0.0931. The molecule has 0 saturated carbocycles. The van der Waals surface area contributed by atoms with Crippen LogP contribution in [0.3, 0.4) is 0 Å². The van der Waals surface area contributed by atoms with E-state index in [1.165, 1.54) is 5.56 Å². The van der Waals surface area contributed by atoms with Crippen LogP contribution in [0.25, 0.3) is 10.9 Å². The van der Waals surface area contributed by atoms with Gasteiger partial charge in [0.1, 0.15) is 0 Å². The van der Waals surface area contributed by atoms with Crippen LogP contribution in [0.2, 0.25) is 0 Å². The summed E-state index contributed by atoms with van der Waals surface area (Å²) in [5.41, 5.74) is 2.62. The van der Waals surface area contributed by atoms with Crippen molar-refractivity contribution in [1.29, 1.82) is 0 Å². The molecule has 1 heterocycles. The molecule has 2 aromatic carbocycles. The molecule has 5 heteroatoms. The van der Waals surface area contributed by atoms with E-state index in [0.717, 1.165) is 30.4 Å². The van der Waals surface area contributed by atoms with Gasteiger partial charge in [0, 0.05) is 18.0 Å². The molecule has 0 saturated heterocycles. The van der Waals surface area contributed by atoms with Gasteiger partial charge < -0.3 is 5.32 Å². The first-order valence-corrected chi connectivity index (χ1v) is 9.22. The lowest BCUT2D eigenvalue weighted by Crippen LogP contribution is -2.45. The van der Waals surface area contributed by atoms with Crippen molar-refractivity contribution in [2.75, 3.05) is 19.6 Å². The average Bonchev–Trinajstić information content (AvgIpc) is 3.11. The fourth-order valence-corrected chi connectivity index (χ4v) is 3.39. The monoisotopic (exact) mass is 350 g/mol. The van der Waals surface area contributed by atoms with Gasteiger partial charge in [-0.05, 0) is 31.1 Å². The number of rotatable bonds is 8. The first kappa shape index (κ1) is 18.1. The smallest absolute Gasteiger partial charge is 0.272 e. The molecular weight excluding hydrogens is 324 g/mol. The highest BCUT2D eigenvalue weighted by Gasteiger charge is 2.19. The lowest BCUT2D eigenvalue weighted by Gasteiger charge is -2.30. The van der Waals surface area contributed by atoms with Crippen molar-refractivity contribution >= 4 is 16.8 Å². The Balaban J connectivity index is 1.71. The molecule has 0 spiro atoms. The van der Waals surface area contributed by atoms with E-state index in [2.05, 4.69) is 58.5 Å². The van der Waals surface area contributed by atoms with Crippen LogP contribution < -0.4 is 5.32 Å². The molecule has 2 N–H and O–H groups in total. The molecule has 0 aliphatic heterocycles. The van der Waals surface area contributed by atoms with Gasteiger partial charge in [0.05, 0.1) is 5.52 Å². The molecule has 0 aliphatic rings. The summed E-state index contributed by atoms with van der Waals surface area (Å²) >= 11 is 0. The second kappa shape index (κ2) is 8.63. The van der Waals surface area contributed by atoms with Crippen molar-refractivity contribution in [3.05, 3.63) is 65.9 Å². The average molecular weight is 350 g/mol. The molecule has 3 rings (SSSR count). The van der Waals surface area contributed by atoms with Gasteiger partial charge in [0.2, 0.25) is 0 Å². The van der Waals surface area contributed by atoms with E-state index in [4.69, 9.17) is 0 Å². The van der Waals surface area contributed by atoms with Gasteiger partial charge in [-0.2, -0.15) is 5.10 Å². The Bertz CT molecular complexity index is 839. The van der Waals surface area contributed by atoms with E-state index in [-0.39, 0.29) is 11.9 Å². The van der Waals surface area contributed by atoms with Crippen LogP contribution in [0.1, 0.15) is 29.9 Å². The van der Waals surface area contributed by atoms with E-state index in [9.17, 15) is 4.79 Å². The van der Waals surface area contributed by atoms with Crippen LogP contribution >= 0.6 is 0 Å². The van der Waals surface area contributed by atoms with Gasteiger partial charge in [-0.15, -0.1) is 0 Å². The second-order valence-electron chi connectivity index (χ2n) is 6.39. The molecule has 1 amide bonds. The highest BCUT2D eigenvalue weighted by atomic mass is 16.1. The van der Waals surface area contributed by atoms with Crippen molar-refractivity contribution in [2.24, 2.45) is 0 Å². The SMILES string of the molecule is CCN(CC)C(CNC(=O)c1n[nH]c2ccccc12)Cc1ccccc1. The van der Waals surface area contributed by atoms with Gasteiger partial charge in [-0.25, -0.2) is 0 Å². The topological polar surface area (TPSA) is 61.0 Å². The van der Waals surface area contributed by atoms with Crippen molar-refractivity contribution < 1.29 is 4.79 Å². The summed E-state index contributed by atoms with van der Waals surface area (Å²) in [7, 11) is 0. The minimum absolute atomic E-state index is 0.132. The van der Waals surface area contributed by atoms with E-state index < -0.39 is 0 Å². The number of nitrogens with zero attached hydrogens (tertiary/aromatic N) is 2. The number of carbonyl (C=O) groups is 1. The Morgan fingerprint density at radius 2 is 1.77 bits per heavy atom. The van der Waals surface area contributed by atoms with E-state index >= 15 is 0 Å². The molecule has 0 fully saturated rings. The third-order valence-electron chi connectivity index (χ3n) is 4.83. The molecule has 5 nitrogen and oxygen atoms in total. The van der Waals surface area contributed by atoms with Crippen LogP contribution in [0.15, 0.2) is 54.6 Å². The molecule has 3 aromatic rings. The number of carbonyl (C=O) groups excluding carboxylic acids is 1. The summed E-state index contributed by atoms with van der Waals surface area (Å²) in [5, 5.41) is 11.0. The van der Waals surface area contributed by atoms with Gasteiger partial charge in [0.25, 0.3) is 5.91 Å². The third-order valence-corrected chi connectivity index (χ3v) is 4.83. The summed E-state index contributed by atoms with van der Waals surface area (Å²) in [5.74, 6) is -0.132. The zero-order chi connectivity index (χ0) is 18.4. The maximum Gasteiger partial charge on any atom is 0.272 e. The van der Waals surface area contributed by atoms with E-state index in [1.807, 2.05) is 30.3 Å². The summed E-state index contributed by atoms with van der Waals surface area (Å²) in [4.78, 5) is 15.0. The first-order valence-electron chi connectivity index (χ1n) is 9.22. The Labute approximate surface area is 154 Å². The highest BCUT2D eigenvalue weighted by Crippen LogP contribution is 2.15. The number of fused-ring (bicyclic) bond motifs is 1. The molecule has 136 valence electrons. The molecule has 1 atom stereocenters. The van der Waals surface area contributed by atoms with Crippen molar-refractivity contribution in [3.63, 3.8) is 0 Å². The predicted molar refractivity (Wildman–Crippen MR) is 105 cm³/mol. The molecule has 0 radical (unpaired) electrons. The number of aromatic nitrogens is 2. The van der Waals surface area contributed by atoms with E-state index in [1.54, 1.807) is 0 Å². The van der Waals surface area contributed by atoms with E-state index in [0.29, 0.717) is 12.2 Å². The summed E-state index contributed by atoms with van der Waals surface area (Å²) in [6.07, 6.45) is 0.907. The normalized spacial score (nSPS) is 12.4. The number of benzene rings is 2. The zero-order valence-electron chi connectivity index (χ0n) is 15.4. The number of likely N-dealkylation sites (N-methyl/N-ethyl adjacent to an activating group) is 1. The first-order chi connectivity index (χ1) is 12.7. The Kier molecular flexibility index (Phi) is 6.02. The predicted octanol–water partition coefficient (Wildman–Crippen LogP) is 3.25. The summed E-state index contributed by atoms with van der Waals surface area (Å²) in [6.45, 7) is 6.82. The number of amides is 1. The Hall–Kier alpha value is -2.66. The van der Waals surface area contributed by atoms with Crippen LogP contribution in [0.5, 0.6) is 0 Å². The van der Waals surface area contributed by atoms with Crippen molar-refractivity contribution in [2.45, 2.75) is 26.3 Å². The number of hydrogen-bond acceptors (Lipinski definition) is 3. The molecular formula is C21H26N4O. The van der Waals surface area contributed by atoms with Crippen LogP contribution in [-0.2, 0) is 6.42 Å². The molecule has 0 bridgehead atoms. The quantitative estimate of drug-likeness (QED) is 0.656. The minimum atomic E-state index is -0.132. The van der Waals surface area contributed by atoms with Gasteiger partial charge in [-0.1, -0.05) is 62.4 Å². The standard InChI is InChI=1S/C21H26N4O/c1-3-25(4-2)17(14-16-10-6-5-7-11-16)15-22-21(26)20-18-12-8-9-13-19(18)23-24-20/h5-13,17H,3-4,14-15H2,1-2H3,(H,22,26)(H,23,24). The van der Waals surface area contributed by atoms with Crippen LogP contribution in [0.4, 0.5) is 0 Å². The number of aromatic amines is 1. The van der Waals surface area contributed by atoms with Crippen molar-refractivity contribution in [3.8, 4) is 0 Å². The number of para-hydroxylation sites is 1. The maximum absolute atomic E-state index is 12.7. The molecule has 1 unspecified atom stereocenters. The van der Waals surface area contributed by atoms with Gasteiger partial charge >= 0.3 is 0 Å². The fraction of sp³-hybridized carbons (Fsp3) is 0.333. The number of nitrogens with one attached hydrogen (secondary N) is 2. The zero-order valence-corrected chi connectivity index (χ0v) is 15.4. The van der Waals surface area contributed by atoms with Crippen molar-refractivity contribution in [1.82, 2.24) is 20.4 Å². The third kappa shape index (κ3) is 4.11. The largest absolute Gasteiger partial charge is 0.349 e. The molecule has 0 aliphatic carbocycles. The molecule has 1 aromatic heterocycles. The Morgan fingerprint density at radius 1 is 1.08 bits per heavy atom. The highest BCUT2D eigenvalue weighted by molar-refractivity contribution is 6.04. The minimum Gasteiger partial charge on any atom is -0.349 e. The van der Waals surface area contributed by atoms with Crippen LogP contribution in [0, 0.1) is 0 Å².